The fraction of sp³-hybridized carbons (Fsp3) is 0.529. The van der Waals surface area contributed by atoms with Gasteiger partial charge >= 0.3 is 5.97 Å². The fourth-order valence-electron chi connectivity index (χ4n) is 2.54. The number of carboxylic acids is 1. The molecule has 126 valence electrons. The molecule has 2 rings (SSSR count). The van der Waals surface area contributed by atoms with Gasteiger partial charge in [-0.05, 0) is 17.0 Å². The van der Waals surface area contributed by atoms with Crippen LogP contribution in [-0.2, 0) is 19.7 Å². The maximum absolute atomic E-state index is 12.1. The monoisotopic (exact) mass is 321 g/mol. The van der Waals surface area contributed by atoms with Crippen molar-refractivity contribution in [2.45, 2.75) is 38.1 Å². The molecule has 23 heavy (non-hydrogen) atoms. The number of nitrogens with one attached hydrogen (secondary N) is 1. The first kappa shape index (κ1) is 17.3. The molecule has 1 fully saturated rings. The number of para-hydroxylation sites is 1. The summed E-state index contributed by atoms with van der Waals surface area (Å²) in [7, 11) is 0. The van der Waals surface area contributed by atoms with Crippen LogP contribution in [0.4, 0.5) is 0 Å². The molecule has 0 radical (unpaired) electrons. The number of amides is 1. The minimum atomic E-state index is -1.34. The predicted octanol–water partition coefficient (Wildman–Crippen LogP) is 1.72. The van der Waals surface area contributed by atoms with Crippen molar-refractivity contribution in [3.8, 4) is 5.75 Å². The molecule has 1 aromatic rings. The summed E-state index contributed by atoms with van der Waals surface area (Å²) in [6.07, 6.45) is 0.257. The van der Waals surface area contributed by atoms with E-state index >= 15 is 0 Å². The van der Waals surface area contributed by atoms with Crippen molar-refractivity contribution >= 4 is 11.9 Å². The number of rotatable bonds is 5. The number of carboxylic acid groups (broad SMARTS) is 1. The van der Waals surface area contributed by atoms with Crippen LogP contribution in [0, 0.1) is 0 Å². The summed E-state index contributed by atoms with van der Waals surface area (Å²) >= 11 is 0. The Kier molecular flexibility index (Phi) is 4.94. The summed E-state index contributed by atoms with van der Waals surface area (Å²) in [4.78, 5) is 23.5. The molecule has 1 atom stereocenters. The number of aliphatic carboxylic acids is 1. The van der Waals surface area contributed by atoms with Crippen LogP contribution >= 0.6 is 0 Å². The lowest BCUT2D eigenvalue weighted by Crippen LogP contribution is -2.56. The van der Waals surface area contributed by atoms with Crippen LogP contribution in [0.5, 0.6) is 5.75 Å². The van der Waals surface area contributed by atoms with Gasteiger partial charge in [0.25, 0.3) is 5.91 Å². The van der Waals surface area contributed by atoms with Gasteiger partial charge in [0, 0.05) is 13.0 Å². The average Bonchev–Trinajstić information content (AvgIpc) is 2.94. The highest BCUT2D eigenvalue weighted by atomic mass is 16.5. The van der Waals surface area contributed by atoms with E-state index in [2.05, 4.69) is 26.1 Å². The average molecular weight is 321 g/mol. The van der Waals surface area contributed by atoms with Gasteiger partial charge in [0.15, 0.2) is 12.1 Å². The quantitative estimate of drug-likeness (QED) is 0.862. The van der Waals surface area contributed by atoms with Crippen LogP contribution < -0.4 is 10.1 Å². The zero-order chi connectivity index (χ0) is 17.1. The first-order valence-electron chi connectivity index (χ1n) is 7.59. The van der Waals surface area contributed by atoms with E-state index in [4.69, 9.17) is 9.47 Å². The zero-order valence-electron chi connectivity index (χ0n) is 13.7. The minimum absolute atomic E-state index is 0.0212. The first-order valence-corrected chi connectivity index (χ1v) is 7.59. The van der Waals surface area contributed by atoms with E-state index in [9.17, 15) is 14.7 Å². The molecule has 1 saturated heterocycles. The summed E-state index contributed by atoms with van der Waals surface area (Å²) in [5.41, 5.74) is -0.469. The standard InChI is InChI=1S/C17H23NO5/c1-16(2,3)12-6-4-5-7-13(12)23-10-14(19)18-17(15(20)21)8-9-22-11-17/h4-7H,8-11H2,1-3H3,(H,18,19)(H,20,21). The van der Waals surface area contributed by atoms with Crippen molar-refractivity contribution in [3.63, 3.8) is 0 Å². The van der Waals surface area contributed by atoms with E-state index in [1.165, 1.54) is 0 Å². The van der Waals surface area contributed by atoms with Gasteiger partial charge in [-0.1, -0.05) is 39.0 Å². The summed E-state index contributed by atoms with van der Waals surface area (Å²) < 4.78 is 10.7. The van der Waals surface area contributed by atoms with Crippen molar-refractivity contribution in [2.24, 2.45) is 0 Å². The molecule has 1 amide bonds. The second-order valence-electron chi connectivity index (χ2n) is 6.77. The highest BCUT2D eigenvalue weighted by Crippen LogP contribution is 2.30. The fourth-order valence-corrected chi connectivity index (χ4v) is 2.54. The lowest BCUT2D eigenvalue weighted by Gasteiger charge is -2.25. The van der Waals surface area contributed by atoms with Crippen molar-refractivity contribution in [3.05, 3.63) is 29.8 Å². The molecule has 1 unspecified atom stereocenters. The number of ether oxygens (including phenoxy) is 2. The zero-order valence-corrected chi connectivity index (χ0v) is 13.7. The third kappa shape index (κ3) is 4.01. The molecular weight excluding hydrogens is 298 g/mol. The van der Waals surface area contributed by atoms with E-state index in [-0.39, 0.29) is 25.0 Å². The Morgan fingerprint density at radius 1 is 1.35 bits per heavy atom. The molecule has 0 bridgehead atoms. The van der Waals surface area contributed by atoms with Crippen LogP contribution in [0.15, 0.2) is 24.3 Å². The summed E-state index contributed by atoms with van der Waals surface area (Å²) in [6.45, 7) is 6.24. The van der Waals surface area contributed by atoms with Crippen molar-refractivity contribution < 1.29 is 24.2 Å². The highest BCUT2D eigenvalue weighted by molar-refractivity contribution is 5.88. The Morgan fingerprint density at radius 3 is 2.61 bits per heavy atom. The molecule has 1 aliphatic rings. The van der Waals surface area contributed by atoms with E-state index in [1.807, 2.05) is 18.2 Å². The number of carbonyl (C=O) groups is 2. The Morgan fingerprint density at radius 2 is 2.04 bits per heavy atom. The topological polar surface area (TPSA) is 84.9 Å². The van der Waals surface area contributed by atoms with Crippen molar-refractivity contribution in [1.82, 2.24) is 5.32 Å². The first-order chi connectivity index (χ1) is 10.7. The highest BCUT2D eigenvalue weighted by Gasteiger charge is 2.44. The SMILES string of the molecule is CC(C)(C)c1ccccc1OCC(=O)NC1(C(=O)O)CCOC1. The Bertz CT molecular complexity index is 585. The Labute approximate surface area is 135 Å². The molecule has 6 heteroatoms. The summed E-state index contributed by atoms with van der Waals surface area (Å²) in [6, 6.07) is 7.52. The molecule has 1 heterocycles. The van der Waals surface area contributed by atoms with E-state index in [1.54, 1.807) is 6.07 Å². The van der Waals surface area contributed by atoms with E-state index in [0.717, 1.165) is 5.56 Å². The molecule has 0 aliphatic carbocycles. The van der Waals surface area contributed by atoms with Gasteiger partial charge < -0.3 is 19.9 Å². The number of hydrogen-bond acceptors (Lipinski definition) is 4. The van der Waals surface area contributed by atoms with Crippen LogP contribution in [0.2, 0.25) is 0 Å². The smallest absolute Gasteiger partial charge is 0.331 e. The normalized spacial score (nSPS) is 21.0. The van der Waals surface area contributed by atoms with Crippen LogP contribution in [-0.4, -0.2) is 42.3 Å². The van der Waals surface area contributed by atoms with Gasteiger partial charge in [0.2, 0.25) is 0 Å². The summed E-state index contributed by atoms with van der Waals surface area (Å²) in [5.74, 6) is -0.928. The maximum atomic E-state index is 12.1. The van der Waals surface area contributed by atoms with Gasteiger partial charge in [-0.15, -0.1) is 0 Å². The third-order valence-corrected chi connectivity index (χ3v) is 3.86. The molecule has 6 nitrogen and oxygen atoms in total. The largest absolute Gasteiger partial charge is 0.483 e. The van der Waals surface area contributed by atoms with Crippen LogP contribution in [0.1, 0.15) is 32.8 Å². The molecule has 2 N–H and O–H groups in total. The Hall–Kier alpha value is -2.08. The van der Waals surface area contributed by atoms with Crippen LogP contribution in [0.3, 0.4) is 0 Å². The second-order valence-corrected chi connectivity index (χ2v) is 6.77. The molecular formula is C17H23NO5. The molecule has 1 aromatic carbocycles. The van der Waals surface area contributed by atoms with Gasteiger partial charge in [-0.3, -0.25) is 4.79 Å². The van der Waals surface area contributed by atoms with Crippen LogP contribution in [0.25, 0.3) is 0 Å². The number of carbonyl (C=O) groups excluding carboxylic acids is 1. The Balaban J connectivity index is 2.02. The number of hydrogen-bond donors (Lipinski definition) is 2. The molecule has 0 saturated carbocycles. The van der Waals surface area contributed by atoms with Crippen molar-refractivity contribution in [2.75, 3.05) is 19.8 Å². The lowest BCUT2D eigenvalue weighted by molar-refractivity contribution is -0.148. The molecule has 1 aliphatic heterocycles. The predicted molar refractivity (Wildman–Crippen MR) is 84.6 cm³/mol. The number of benzene rings is 1. The third-order valence-electron chi connectivity index (χ3n) is 3.86. The van der Waals surface area contributed by atoms with Gasteiger partial charge in [-0.25, -0.2) is 4.79 Å². The van der Waals surface area contributed by atoms with Gasteiger partial charge in [0.05, 0.1) is 6.61 Å². The minimum Gasteiger partial charge on any atom is -0.483 e. The summed E-state index contributed by atoms with van der Waals surface area (Å²) in [5, 5.41) is 11.8. The maximum Gasteiger partial charge on any atom is 0.331 e. The molecule has 0 spiro atoms. The van der Waals surface area contributed by atoms with Gasteiger partial charge in [0.1, 0.15) is 5.75 Å². The van der Waals surface area contributed by atoms with E-state index < -0.39 is 17.4 Å². The second kappa shape index (κ2) is 6.58. The van der Waals surface area contributed by atoms with E-state index in [0.29, 0.717) is 12.4 Å². The molecule has 0 aromatic heterocycles. The van der Waals surface area contributed by atoms with Gasteiger partial charge in [-0.2, -0.15) is 0 Å². The van der Waals surface area contributed by atoms with Crippen molar-refractivity contribution in [1.29, 1.82) is 0 Å². The lowest BCUT2D eigenvalue weighted by atomic mass is 9.86.